The SMILES string of the molecule is CSc1ccc(C(=O)NC2CCCCC2NC(=O)CNC(=O)c2cc(C(F)(F)F)ccc2NC(=O)N2CCC2)cc1. The maximum absolute atomic E-state index is 13.3. The number of benzene rings is 2. The third-order valence-electron chi connectivity index (χ3n) is 7.17. The van der Waals surface area contributed by atoms with E-state index in [2.05, 4.69) is 21.3 Å². The standard InChI is InChI=1S/C28H32F3N5O4S/c1-41-19-10-7-17(8-11-19)25(38)34-23-6-3-2-5-22(23)33-24(37)16-32-26(39)20-15-18(28(29,30)31)9-12-21(20)35-27(40)36-13-4-14-36/h7-12,15,22-23H,2-6,13-14,16H2,1H3,(H,32,39)(H,33,37)(H,34,38)(H,35,40). The summed E-state index contributed by atoms with van der Waals surface area (Å²) in [6.45, 7) is 0.532. The van der Waals surface area contributed by atoms with E-state index in [9.17, 15) is 32.3 Å². The molecule has 1 saturated carbocycles. The van der Waals surface area contributed by atoms with Crippen LogP contribution in [0.3, 0.4) is 0 Å². The van der Waals surface area contributed by atoms with E-state index in [0.717, 1.165) is 36.3 Å². The van der Waals surface area contributed by atoms with Crippen molar-refractivity contribution in [3.05, 3.63) is 59.2 Å². The maximum Gasteiger partial charge on any atom is 0.416 e. The van der Waals surface area contributed by atoms with Gasteiger partial charge in [-0.05, 0) is 68.0 Å². The Hall–Kier alpha value is -3.74. The van der Waals surface area contributed by atoms with Crippen LogP contribution in [0.1, 0.15) is 58.4 Å². The second-order valence-electron chi connectivity index (χ2n) is 9.98. The molecule has 2 aromatic rings. The minimum absolute atomic E-state index is 0.0894. The summed E-state index contributed by atoms with van der Waals surface area (Å²) in [4.78, 5) is 53.3. The van der Waals surface area contributed by atoms with Crippen molar-refractivity contribution in [1.82, 2.24) is 20.9 Å². The highest BCUT2D eigenvalue weighted by Gasteiger charge is 2.33. The molecule has 0 bridgehead atoms. The number of anilines is 1. The lowest BCUT2D eigenvalue weighted by atomic mass is 9.90. The molecular formula is C28H32F3N5O4S. The predicted molar refractivity (Wildman–Crippen MR) is 149 cm³/mol. The van der Waals surface area contributed by atoms with Crippen LogP contribution in [0.5, 0.6) is 0 Å². The Morgan fingerprint density at radius 1 is 0.902 bits per heavy atom. The number of amides is 5. The Kier molecular flexibility index (Phi) is 9.79. The van der Waals surface area contributed by atoms with Crippen LogP contribution < -0.4 is 21.3 Å². The number of urea groups is 1. The Bertz CT molecular complexity index is 1280. The van der Waals surface area contributed by atoms with Crippen LogP contribution >= 0.6 is 11.8 Å². The van der Waals surface area contributed by atoms with E-state index >= 15 is 0 Å². The second-order valence-corrected chi connectivity index (χ2v) is 10.9. The van der Waals surface area contributed by atoms with Gasteiger partial charge in [-0.15, -0.1) is 11.8 Å². The van der Waals surface area contributed by atoms with Gasteiger partial charge in [-0.3, -0.25) is 14.4 Å². The average molecular weight is 592 g/mol. The van der Waals surface area contributed by atoms with Gasteiger partial charge in [0.1, 0.15) is 0 Å². The van der Waals surface area contributed by atoms with Crippen molar-refractivity contribution in [1.29, 1.82) is 0 Å². The summed E-state index contributed by atoms with van der Waals surface area (Å²) in [6.07, 6.45) is 1.06. The summed E-state index contributed by atoms with van der Waals surface area (Å²) in [5.41, 5.74) is -1.05. The smallest absolute Gasteiger partial charge is 0.350 e. The molecule has 2 aliphatic rings. The molecule has 5 amide bonds. The Labute approximate surface area is 240 Å². The highest BCUT2D eigenvalue weighted by Crippen LogP contribution is 2.32. The van der Waals surface area contributed by atoms with Crippen LogP contribution in [0, 0.1) is 0 Å². The van der Waals surface area contributed by atoms with Gasteiger partial charge in [-0.25, -0.2) is 4.79 Å². The average Bonchev–Trinajstić information content (AvgIpc) is 2.91. The molecular weight excluding hydrogens is 559 g/mol. The number of alkyl halides is 3. The molecule has 2 unspecified atom stereocenters. The zero-order chi connectivity index (χ0) is 29.6. The Morgan fingerprint density at radius 3 is 2.15 bits per heavy atom. The van der Waals surface area contributed by atoms with Gasteiger partial charge in [-0.2, -0.15) is 13.2 Å². The molecule has 0 aromatic heterocycles. The largest absolute Gasteiger partial charge is 0.416 e. The lowest BCUT2D eigenvalue weighted by Gasteiger charge is -2.33. The molecule has 1 aliphatic heterocycles. The molecule has 13 heteroatoms. The van der Waals surface area contributed by atoms with Crippen molar-refractivity contribution >= 4 is 41.2 Å². The third-order valence-corrected chi connectivity index (χ3v) is 7.91. The van der Waals surface area contributed by atoms with Crippen molar-refractivity contribution in [2.75, 3.05) is 31.2 Å². The van der Waals surface area contributed by atoms with Gasteiger partial charge in [0.25, 0.3) is 11.8 Å². The van der Waals surface area contributed by atoms with Gasteiger partial charge in [0.05, 0.1) is 23.4 Å². The van der Waals surface area contributed by atoms with Gasteiger partial charge >= 0.3 is 12.2 Å². The molecule has 220 valence electrons. The molecule has 2 atom stereocenters. The lowest BCUT2D eigenvalue weighted by molar-refractivity contribution is -0.137. The van der Waals surface area contributed by atoms with Crippen molar-refractivity contribution < 1.29 is 32.3 Å². The van der Waals surface area contributed by atoms with Crippen LogP contribution in [0.25, 0.3) is 0 Å². The van der Waals surface area contributed by atoms with Gasteiger partial charge in [0.2, 0.25) is 5.91 Å². The van der Waals surface area contributed by atoms with Gasteiger partial charge in [-0.1, -0.05) is 12.8 Å². The van der Waals surface area contributed by atoms with Crippen molar-refractivity contribution in [2.24, 2.45) is 0 Å². The molecule has 0 radical (unpaired) electrons. The summed E-state index contributed by atoms with van der Waals surface area (Å²) in [5.74, 6) is -1.74. The number of nitrogens with zero attached hydrogens (tertiary/aromatic N) is 1. The summed E-state index contributed by atoms with van der Waals surface area (Å²) in [6, 6.07) is 8.44. The predicted octanol–water partition coefficient (Wildman–Crippen LogP) is 4.25. The summed E-state index contributed by atoms with van der Waals surface area (Å²) >= 11 is 1.57. The first-order valence-corrected chi connectivity index (χ1v) is 14.6. The van der Waals surface area contributed by atoms with Crippen LogP contribution in [-0.4, -0.2) is 66.6 Å². The van der Waals surface area contributed by atoms with E-state index in [-0.39, 0.29) is 23.7 Å². The molecule has 4 N–H and O–H groups in total. The van der Waals surface area contributed by atoms with E-state index in [1.165, 1.54) is 4.90 Å². The fraction of sp³-hybridized carbons (Fsp3) is 0.429. The number of carbonyl (C=O) groups is 4. The number of likely N-dealkylation sites (tertiary alicyclic amines) is 1. The minimum Gasteiger partial charge on any atom is -0.350 e. The van der Waals surface area contributed by atoms with Gasteiger partial charge in [0, 0.05) is 35.6 Å². The molecule has 1 aliphatic carbocycles. The van der Waals surface area contributed by atoms with E-state index < -0.39 is 41.7 Å². The van der Waals surface area contributed by atoms with Gasteiger partial charge < -0.3 is 26.2 Å². The van der Waals surface area contributed by atoms with Crippen LogP contribution in [0.2, 0.25) is 0 Å². The van der Waals surface area contributed by atoms with Crippen LogP contribution in [0.15, 0.2) is 47.4 Å². The molecule has 9 nitrogen and oxygen atoms in total. The first-order valence-electron chi connectivity index (χ1n) is 13.3. The number of nitrogens with one attached hydrogen (secondary N) is 4. The lowest BCUT2D eigenvalue weighted by Crippen LogP contribution is -2.54. The molecule has 1 heterocycles. The Balaban J connectivity index is 1.37. The number of hydrogen-bond acceptors (Lipinski definition) is 5. The van der Waals surface area contributed by atoms with Crippen LogP contribution in [-0.2, 0) is 11.0 Å². The molecule has 2 aromatic carbocycles. The molecule has 1 saturated heterocycles. The topological polar surface area (TPSA) is 120 Å². The number of halogens is 3. The van der Waals surface area contributed by atoms with E-state index in [0.29, 0.717) is 37.6 Å². The molecule has 4 rings (SSSR count). The highest BCUT2D eigenvalue weighted by molar-refractivity contribution is 7.98. The molecule has 0 spiro atoms. The normalized spacial score (nSPS) is 18.6. The van der Waals surface area contributed by atoms with Crippen molar-refractivity contribution in [2.45, 2.75) is 55.3 Å². The monoisotopic (exact) mass is 591 g/mol. The highest BCUT2D eigenvalue weighted by atomic mass is 32.2. The van der Waals surface area contributed by atoms with E-state index in [4.69, 9.17) is 0 Å². The van der Waals surface area contributed by atoms with Crippen LogP contribution in [0.4, 0.5) is 23.7 Å². The first kappa shape index (κ1) is 30.2. The number of thioether (sulfide) groups is 1. The zero-order valence-corrected chi connectivity index (χ0v) is 23.3. The number of rotatable bonds is 8. The zero-order valence-electron chi connectivity index (χ0n) is 22.5. The van der Waals surface area contributed by atoms with Crippen molar-refractivity contribution in [3.8, 4) is 0 Å². The van der Waals surface area contributed by atoms with E-state index in [1.54, 1.807) is 23.9 Å². The Morgan fingerprint density at radius 2 is 1.56 bits per heavy atom. The molecule has 41 heavy (non-hydrogen) atoms. The number of carbonyl (C=O) groups excluding carboxylic acids is 4. The van der Waals surface area contributed by atoms with E-state index in [1.807, 2.05) is 18.4 Å². The first-order chi connectivity index (χ1) is 19.5. The summed E-state index contributed by atoms with van der Waals surface area (Å²) in [7, 11) is 0. The minimum atomic E-state index is -4.70. The number of hydrogen-bond donors (Lipinski definition) is 4. The van der Waals surface area contributed by atoms with Gasteiger partial charge in [0.15, 0.2) is 0 Å². The maximum atomic E-state index is 13.3. The fourth-order valence-electron chi connectivity index (χ4n) is 4.72. The quantitative estimate of drug-likeness (QED) is 0.342. The second kappa shape index (κ2) is 13.3. The fourth-order valence-corrected chi connectivity index (χ4v) is 5.12. The summed E-state index contributed by atoms with van der Waals surface area (Å²) in [5, 5.41) is 10.7. The van der Waals surface area contributed by atoms with Crippen molar-refractivity contribution in [3.63, 3.8) is 0 Å². The third kappa shape index (κ3) is 7.93. The molecule has 2 fully saturated rings. The summed E-state index contributed by atoms with van der Waals surface area (Å²) < 4.78 is 40.0.